The van der Waals surface area contributed by atoms with Crippen molar-refractivity contribution in [3.63, 3.8) is 0 Å². The minimum Gasteiger partial charge on any atom is -0.393 e. The third-order valence-electron chi connectivity index (χ3n) is 5.23. The third-order valence-corrected chi connectivity index (χ3v) is 5.23. The molecule has 0 aromatic rings. The van der Waals surface area contributed by atoms with Crippen LogP contribution in [0.1, 0.15) is 85.5 Å². The van der Waals surface area contributed by atoms with Crippen molar-refractivity contribution in [3.8, 4) is 0 Å². The standard InChI is InChI=1S/C9H18O.C9H18/c1-7(2)8-5-3-4-6-9(8)10;1-8(2)9-6-4-3-5-7-9/h7-10H,3-6H2,1-2H3;8-9H,3-7H2,1-2H3. The molecule has 2 aliphatic rings. The number of hydrogen-bond donors (Lipinski definition) is 1. The van der Waals surface area contributed by atoms with E-state index in [1.807, 2.05) is 0 Å². The summed E-state index contributed by atoms with van der Waals surface area (Å²) in [5.74, 6) is 3.23. The molecule has 2 aliphatic carbocycles. The second-order valence-electron chi connectivity index (χ2n) is 7.40. The first-order valence-corrected chi connectivity index (χ1v) is 8.70. The lowest BCUT2D eigenvalue weighted by atomic mass is 9.79. The SMILES string of the molecule is CC(C)C1CCCCC1.CC(C)C1CCCCC1O. The van der Waals surface area contributed by atoms with Gasteiger partial charge < -0.3 is 5.11 Å². The lowest BCUT2D eigenvalue weighted by Gasteiger charge is -2.30. The molecule has 0 spiro atoms. The van der Waals surface area contributed by atoms with E-state index in [2.05, 4.69) is 27.7 Å². The predicted molar refractivity (Wildman–Crippen MR) is 84.2 cm³/mol. The quantitative estimate of drug-likeness (QED) is 0.709. The van der Waals surface area contributed by atoms with Crippen LogP contribution < -0.4 is 0 Å². The summed E-state index contributed by atoms with van der Waals surface area (Å²) in [6, 6.07) is 0. The highest BCUT2D eigenvalue weighted by molar-refractivity contribution is 4.76. The highest BCUT2D eigenvalue weighted by Crippen LogP contribution is 2.30. The van der Waals surface area contributed by atoms with Gasteiger partial charge >= 0.3 is 0 Å². The molecule has 0 heterocycles. The van der Waals surface area contributed by atoms with Gasteiger partial charge in [-0.3, -0.25) is 0 Å². The van der Waals surface area contributed by atoms with Gasteiger partial charge in [-0.25, -0.2) is 0 Å². The molecule has 2 atom stereocenters. The van der Waals surface area contributed by atoms with Gasteiger partial charge in [-0.1, -0.05) is 72.6 Å². The Balaban J connectivity index is 0.000000191. The van der Waals surface area contributed by atoms with Crippen LogP contribution in [-0.2, 0) is 0 Å². The zero-order chi connectivity index (χ0) is 14.3. The molecule has 2 rings (SSSR count). The van der Waals surface area contributed by atoms with Crippen LogP contribution in [0.5, 0.6) is 0 Å². The molecule has 2 unspecified atom stereocenters. The average molecular weight is 268 g/mol. The maximum Gasteiger partial charge on any atom is 0.0570 e. The Morgan fingerprint density at radius 2 is 1.21 bits per heavy atom. The Labute approximate surface area is 121 Å². The van der Waals surface area contributed by atoms with Gasteiger partial charge in [0.05, 0.1) is 6.10 Å². The van der Waals surface area contributed by atoms with Crippen molar-refractivity contribution in [1.82, 2.24) is 0 Å². The van der Waals surface area contributed by atoms with Gasteiger partial charge in [0.2, 0.25) is 0 Å². The Hall–Kier alpha value is -0.0400. The summed E-state index contributed by atoms with van der Waals surface area (Å²) in [5, 5.41) is 9.54. The summed E-state index contributed by atoms with van der Waals surface area (Å²) in [5.41, 5.74) is 0. The van der Waals surface area contributed by atoms with E-state index >= 15 is 0 Å². The molecule has 0 aromatic heterocycles. The van der Waals surface area contributed by atoms with Crippen LogP contribution in [0.4, 0.5) is 0 Å². The largest absolute Gasteiger partial charge is 0.393 e. The lowest BCUT2D eigenvalue weighted by Crippen LogP contribution is -2.28. The van der Waals surface area contributed by atoms with Crippen LogP contribution in [0, 0.1) is 23.7 Å². The van der Waals surface area contributed by atoms with Crippen LogP contribution in [0.2, 0.25) is 0 Å². The smallest absolute Gasteiger partial charge is 0.0570 e. The summed E-state index contributed by atoms with van der Waals surface area (Å²) >= 11 is 0. The maximum absolute atomic E-state index is 9.54. The second kappa shape index (κ2) is 9.00. The molecule has 19 heavy (non-hydrogen) atoms. The van der Waals surface area contributed by atoms with Crippen molar-refractivity contribution in [2.45, 2.75) is 91.6 Å². The fourth-order valence-corrected chi connectivity index (χ4v) is 3.72. The molecular weight excluding hydrogens is 232 g/mol. The first-order valence-electron chi connectivity index (χ1n) is 8.70. The van der Waals surface area contributed by atoms with Crippen molar-refractivity contribution in [3.05, 3.63) is 0 Å². The molecular formula is C18H36O. The fourth-order valence-electron chi connectivity index (χ4n) is 3.72. The van der Waals surface area contributed by atoms with E-state index in [9.17, 15) is 5.11 Å². The Morgan fingerprint density at radius 1 is 0.684 bits per heavy atom. The number of aliphatic hydroxyl groups is 1. The highest BCUT2D eigenvalue weighted by Gasteiger charge is 2.25. The number of rotatable bonds is 2. The lowest BCUT2D eigenvalue weighted by molar-refractivity contribution is 0.0456. The molecule has 114 valence electrons. The molecule has 0 aliphatic heterocycles. The zero-order valence-electron chi connectivity index (χ0n) is 13.7. The topological polar surface area (TPSA) is 20.2 Å². The zero-order valence-corrected chi connectivity index (χ0v) is 13.7. The van der Waals surface area contributed by atoms with Crippen LogP contribution >= 0.6 is 0 Å². The summed E-state index contributed by atoms with van der Waals surface area (Å²) in [6.45, 7) is 9.13. The molecule has 0 bridgehead atoms. The number of aliphatic hydroxyl groups excluding tert-OH is 1. The van der Waals surface area contributed by atoms with Gasteiger partial charge in [-0.05, 0) is 36.5 Å². The Bertz CT molecular complexity index is 216. The molecule has 0 aromatic carbocycles. The molecule has 0 saturated heterocycles. The van der Waals surface area contributed by atoms with Gasteiger partial charge in [0.15, 0.2) is 0 Å². The Morgan fingerprint density at radius 3 is 1.58 bits per heavy atom. The van der Waals surface area contributed by atoms with Gasteiger partial charge in [-0.2, -0.15) is 0 Å². The van der Waals surface area contributed by atoms with E-state index in [0.29, 0.717) is 11.8 Å². The van der Waals surface area contributed by atoms with E-state index in [4.69, 9.17) is 0 Å². The first-order chi connectivity index (χ1) is 9.02. The van der Waals surface area contributed by atoms with Crippen LogP contribution in [0.25, 0.3) is 0 Å². The van der Waals surface area contributed by atoms with E-state index in [1.54, 1.807) is 0 Å². The molecule has 1 heteroatoms. The van der Waals surface area contributed by atoms with E-state index in [-0.39, 0.29) is 6.10 Å². The number of hydrogen-bond acceptors (Lipinski definition) is 1. The summed E-state index contributed by atoms with van der Waals surface area (Å²) in [4.78, 5) is 0. The summed E-state index contributed by atoms with van der Waals surface area (Å²) in [7, 11) is 0. The molecule has 1 nitrogen and oxygen atoms in total. The maximum atomic E-state index is 9.54. The van der Waals surface area contributed by atoms with Crippen molar-refractivity contribution in [2.24, 2.45) is 23.7 Å². The molecule has 0 amide bonds. The predicted octanol–water partition coefficient (Wildman–Crippen LogP) is 5.42. The van der Waals surface area contributed by atoms with E-state index in [0.717, 1.165) is 18.3 Å². The summed E-state index contributed by atoms with van der Waals surface area (Å²) < 4.78 is 0. The third kappa shape index (κ3) is 6.29. The van der Waals surface area contributed by atoms with Gasteiger partial charge in [-0.15, -0.1) is 0 Å². The van der Waals surface area contributed by atoms with Crippen LogP contribution in [0.3, 0.4) is 0 Å². The van der Waals surface area contributed by atoms with Crippen LogP contribution in [0.15, 0.2) is 0 Å². The first kappa shape index (κ1) is 17.0. The minimum absolute atomic E-state index is 0.00579. The fraction of sp³-hybridized carbons (Fsp3) is 1.00. The van der Waals surface area contributed by atoms with Gasteiger partial charge in [0.1, 0.15) is 0 Å². The normalized spacial score (nSPS) is 29.2. The minimum atomic E-state index is -0.00579. The van der Waals surface area contributed by atoms with Gasteiger partial charge in [0.25, 0.3) is 0 Å². The van der Waals surface area contributed by atoms with Crippen molar-refractivity contribution in [2.75, 3.05) is 0 Å². The molecule has 0 radical (unpaired) electrons. The van der Waals surface area contributed by atoms with Gasteiger partial charge in [0, 0.05) is 0 Å². The molecule has 1 N–H and O–H groups in total. The summed E-state index contributed by atoms with van der Waals surface area (Å²) in [6.07, 6.45) is 12.3. The van der Waals surface area contributed by atoms with E-state index < -0.39 is 0 Å². The molecule has 2 fully saturated rings. The second-order valence-corrected chi connectivity index (χ2v) is 7.40. The van der Waals surface area contributed by atoms with Crippen LogP contribution in [-0.4, -0.2) is 11.2 Å². The van der Waals surface area contributed by atoms with Crippen molar-refractivity contribution in [1.29, 1.82) is 0 Å². The average Bonchev–Trinajstić information content (AvgIpc) is 2.40. The Kier molecular flexibility index (Phi) is 8.06. The highest BCUT2D eigenvalue weighted by atomic mass is 16.3. The van der Waals surface area contributed by atoms with Crippen molar-refractivity contribution >= 4 is 0 Å². The van der Waals surface area contributed by atoms with E-state index in [1.165, 1.54) is 51.4 Å². The van der Waals surface area contributed by atoms with Crippen molar-refractivity contribution < 1.29 is 5.11 Å². The molecule has 2 saturated carbocycles. The monoisotopic (exact) mass is 268 g/mol.